The molecule has 61 valence electrons. The number of rotatable bonds is 4. The van der Waals surface area contributed by atoms with Crippen LogP contribution in [0.1, 0.15) is 13.3 Å². The summed E-state index contributed by atoms with van der Waals surface area (Å²) in [6.45, 7) is 0.982. The van der Waals surface area contributed by atoms with Gasteiger partial charge in [0, 0.05) is 6.42 Å². The summed E-state index contributed by atoms with van der Waals surface area (Å²) in [6, 6.07) is 0. The highest BCUT2D eigenvalue weighted by Crippen LogP contribution is 2.09. The van der Waals surface area contributed by atoms with Gasteiger partial charge in [-0.3, -0.25) is 0 Å². The molecule has 2 unspecified atom stereocenters. The molecule has 0 saturated heterocycles. The van der Waals surface area contributed by atoms with Crippen molar-refractivity contribution in [1.29, 1.82) is 0 Å². The Kier molecular flexibility index (Phi) is 4.55. The smallest absolute Gasteiger partial charge is 0.124 e. The third-order valence-electron chi connectivity index (χ3n) is 1.14. The number of hydrogen-bond acceptors (Lipinski definition) is 4. The second-order valence-electron chi connectivity index (χ2n) is 2.21. The molecule has 0 amide bonds. The second-order valence-corrected chi connectivity index (χ2v) is 2.21. The lowest BCUT2D eigenvalue weighted by Gasteiger charge is -2.14. The quantitative estimate of drug-likeness (QED) is 0.414. The van der Waals surface area contributed by atoms with Gasteiger partial charge in [-0.05, 0) is 6.92 Å². The van der Waals surface area contributed by atoms with Gasteiger partial charge in [0.15, 0.2) is 0 Å². The molecule has 0 aliphatic rings. The lowest BCUT2D eigenvalue weighted by Crippen LogP contribution is -2.22. The van der Waals surface area contributed by atoms with Gasteiger partial charge in [0.2, 0.25) is 0 Å². The average Bonchev–Trinajstić information content (AvgIpc) is 1.87. The van der Waals surface area contributed by atoms with Gasteiger partial charge in [-0.2, -0.15) is 0 Å². The fraction of sp³-hybridized carbons (Fsp3) is 0.833. The first-order chi connectivity index (χ1) is 4.57. The zero-order valence-electron chi connectivity index (χ0n) is 5.86. The Labute approximate surface area is 59.7 Å². The van der Waals surface area contributed by atoms with Crippen LogP contribution in [0, 0.1) is 6.10 Å². The van der Waals surface area contributed by atoms with Crippen molar-refractivity contribution in [2.75, 3.05) is 6.61 Å². The third-order valence-corrected chi connectivity index (χ3v) is 1.14. The fourth-order valence-electron chi connectivity index (χ4n) is 0.477. The van der Waals surface area contributed by atoms with Crippen molar-refractivity contribution in [3.05, 3.63) is 6.10 Å². The van der Waals surface area contributed by atoms with E-state index in [4.69, 9.17) is 20.4 Å². The summed E-state index contributed by atoms with van der Waals surface area (Å²) in [5.41, 5.74) is 0. The maximum atomic E-state index is 8.82. The van der Waals surface area contributed by atoms with E-state index in [0.29, 0.717) is 0 Å². The molecule has 0 aliphatic heterocycles. The predicted octanol–water partition coefficient (Wildman–Crippen LogP) is -0.985. The minimum absolute atomic E-state index is 0.0752. The fourth-order valence-corrected chi connectivity index (χ4v) is 0.477. The molecule has 10 heavy (non-hydrogen) atoms. The van der Waals surface area contributed by atoms with Crippen LogP contribution in [0.3, 0.4) is 0 Å². The van der Waals surface area contributed by atoms with Crippen molar-refractivity contribution in [2.45, 2.75) is 25.6 Å². The Morgan fingerprint density at radius 1 is 1.40 bits per heavy atom. The zero-order valence-corrected chi connectivity index (χ0v) is 5.86. The van der Waals surface area contributed by atoms with Crippen LogP contribution in [0.4, 0.5) is 0 Å². The van der Waals surface area contributed by atoms with Gasteiger partial charge in [-0.1, -0.05) is 0 Å². The van der Waals surface area contributed by atoms with Crippen molar-refractivity contribution in [3.63, 3.8) is 0 Å². The molecule has 0 heterocycles. The molecule has 1 radical (unpaired) electrons. The minimum Gasteiger partial charge on any atom is -0.394 e. The van der Waals surface area contributed by atoms with Gasteiger partial charge in [-0.25, -0.2) is 0 Å². The first-order valence-electron chi connectivity index (χ1n) is 3.09. The largest absolute Gasteiger partial charge is 0.394 e. The summed E-state index contributed by atoms with van der Waals surface area (Å²) in [6.07, 6.45) is -2.20. The van der Waals surface area contributed by atoms with Crippen molar-refractivity contribution in [2.24, 2.45) is 0 Å². The van der Waals surface area contributed by atoms with Crippen LogP contribution in [-0.2, 0) is 0 Å². The molecule has 4 N–H and O–H groups in total. The van der Waals surface area contributed by atoms with Crippen LogP contribution in [0.2, 0.25) is 0 Å². The summed E-state index contributed by atoms with van der Waals surface area (Å²) in [7, 11) is 0. The maximum Gasteiger partial charge on any atom is 0.124 e. The maximum absolute atomic E-state index is 8.82. The summed E-state index contributed by atoms with van der Waals surface area (Å²) < 4.78 is 0. The van der Waals surface area contributed by atoms with Crippen LogP contribution >= 0.6 is 0 Å². The number of aliphatic hydroxyl groups is 4. The van der Waals surface area contributed by atoms with E-state index in [2.05, 4.69) is 0 Å². The second kappa shape index (κ2) is 4.62. The lowest BCUT2D eigenvalue weighted by molar-refractivity contribution is 0.0410. The van der Waals surface area contributed by atoms with E-state index in [0.717, 1.165) is 0 Å². The van der Waals surface area contributed by atoms with Crippen LogP contribution in [0.5, 0.6) is 0 Å². The SMILES string of the molecule is CC(O)[C](O)CC(O)CO. The van der Waals surface area contributed by atoms with Crippen LogP contribution in [0.15, 0.2) is 0 Å². The normalized spacial score (nSPS) is 17.4. The Morgan fingerprint density at radius 3 is 2.20 bits per heavy atom. The highest BCUT2D eigenvalue weighted by atomic mass is 16.3. The highest BCUT2D eigenvalue weighted by molar-refractivity contribution is 4.84. The molecule has 4 heteroatoms. The molecule has 0 bridgehead atoms. The van der Waals surface area contributed by atoms with Crippen molar-refractivity contribution >= 4 is 0 Å². The lowest BCUT2D eigenvalue weighted by atomic mass is 10.1. The van der Waals surface area contributed by atoms with Crippen LogP contribution < -0.4 is 0 Å². The minimum atomic E-state index is -0.977. The topological polar surface area (TPSA) is 80.9 Å². The Morgan fingerprint density at radius 2 is 1.90 bits per heavy atom. The summed E-state index contributed by atoms with van der Waals surface area (Å²) >= 11 is 0. The molecule has 0 aromatic rings. The van der Waals surface area contributed by atoms with Gasteiger partial charge in [0.1, 0.15) is 6.10 Å². The van der Waals surface area contributed by atoms with E-state index >= 15 is 0 Å². The van der Waals surface area contributed by atoms with Gasteiger partial charge in [-0.15, -0.1) is 0 Å². The van der Waals surface area contributed by atoms with Crippen LogP contribution in [-0.4, -0.2) is 39.2 Å². The summed E-state index contributed by atoms with van der Waals surface area (Å²) in [5, 5.41) is 34.6. The van der Waals surface area contributed by atoms with Crippen molar-refractivity contribution in [3.8, 4) is 0 Å². The van der Waals surface area contributed by atoms with E-state index in [1.54, 1.807) is 0 Å². The van der Waals surface area contributed by atoms with Gasteiger partial charge < -0.3 is 20.4 Å². The molecule has 0 fully saturated rings. The first kappa shape index (κ1) is 9.84. The Hall–Kier alpha value is -0.160. The predicted molar refractivity (Wildman–Crippen MR) is 34.6 cm³/mol. The molecule has 4 nitrogen and oxygen atoms in total. The van der Waals surface area contributed by atoms with Crippen LogP contribution in [0.25, 0.3) is 0 Å². The Balaban J connectivity index is 3.46. The molecule has 0 aromatic heterocycles. The molecular weight excluding hydrogens is 136 g/mol. The highest BCUT2D eigenvalue weighted by Gasteiger charge is 2.16. The Bertz CT molecular complexity index is 83.8. The third kappa shape index (κ3) is 3.79. The van der Waals surface area contributed by atoms with E-state index in [1.165, 1.54) is 6.92 Å². The molecule has 0 aromatic carbocycles. The molecule has 2 atom stereocenters. The molecular formula is C6H13O4. The standard InChI is InChI=1S/C6H13O4/c1-4(8)6(10)2-5(9)3-7/h4-5,7-10H,2-3H2,1H3. The van der Waals surface area contributed by atoms with Gasteiger partial charge in [0.05, 0.1) is 18.8 Å². The van der Waals surface area contributed by atoms with Gasteiger partial charge >= 0.3 is 0 Å². The average molecular weight is 149 g/mol. The summed E-state index contributed by atoms with van der Waals surface area (Å²) in [5.74, 6) is 0. The number of hydrogen-bond donors (Lipinski definition) is 4. The van der Waals surface area contributed by atoms with Crippen molar-refractivity contribution < 1.29 is 20.4 Å². The monoisotopic (exact) mass is 149 g/mol. The molecule has 0 rings (SSSR count). The molecule has 0 spiro atoms. The van der Waals surface area contributed by atoms with Gasteiger partial charge in [0.25, 0.3) is 0 Å². The molecule has 0 aliphatic carbocycles. The van der Waals surface area contributed by atoms with E-state index in [9.17, 15) is 0 Å². The first-order valence-corrected chi connectivity index (χ1v) is 3.09. The molecule has 0 saturated carbocycles. The van der Waals surface area contributed by atoms with E-state index in [1.807, 2.05) is 0 Å². The zero-order chi connectivity index (χ0) is 8.15. The van der Waals surface area contributed by atoms with E-state index in [-0.39, 0.29) is 12.5 Å². The van der Waals surface area contributed by atoms with E-state index < -0.39 is 18.8 Å². The number of aliphatic hydroxyl groups excluding tert-OH is 4. The van der Waals surface area contributed by atoms with Crippen molar-refractivity contribution in [1.82, 2.24) is 0 Å². The summed E-state index contributed by atoms with van der Waals surface area (Å²) in [4.78, 5) is 0.